The van der Waals surface area contributed by atoms with Gasteiger partial charge in [-0.15, -0.1) is 5.10 Å². The van der Waals surface area contributed by atoms with Gasteiger partial charge in [0, 0.05) is 17.9 Å². The van der Waals surface area contributed by atoms with Crippen LogP contribution in [0.4, 0.5) is 10.1 Å². The molecule has 0 bridgehead atoms. The van der Waals surface area contributed by atoms with Gasteiger partial charge in [0.1, 0.15) is 17.3 Å². The number of benzene rings is 2. The average Bonchev–Trinajstić information content (AvgIpc) is 3.13. The van der Waals surface area contributed by atoms with Crippen LogP contribution in [0.3, 0.4) is 0 Å². The molecule has 140 valence electrons. The number of aromatic nitrogens is 4. The van der Waals surface area contributed by atoms with E-state index in [0.29, 0.717) is 29.0 Å². The van der Waals surface area contributed by atoms with E-state index in [0.717, 1.165) is 5.69 Å². The fraction of sp³-hybridized carbons (Fsp3) is 0.222. The molecular weight excluding hydrogens is 369 g/mol. The monoisotopic (exact) mass is 387 g/mol. The van der Waals surface area contributed by atoms with E-state index < -0.39 is 0 Å². The summed E-state index contributed by atoms with van der Waals surface area (Å²) in [5.41, 5.74) is 1.30. The second-order valence-corrected chi connectivity index (χ2v) is 6.49. The number of rotatable bonds is 8. The van der Waals surface area contributed by atoms with Gasteiger partial charge in [0.2, 0.25) is 11.1 Å². The van der Waals surface area contributed by atoms with Crippen molar-refractivity contribution in [3.05, 3.63) is 54.3 Å². The van der Waals surface area contributed by atoms with Crippen LogP contribution in [0.15, 0.2) is 53.7 Å². The van der Waals surface area contributed by atoms with E-state index in [2.05, 4.69) is 20.8 Å². The predicted octanol–water partition coefficient (Wildman–Crippen LogP) is 3.32. The van der Waals surface area contributed by atoms with E-state index in [9.17, 15) is 9.18 Å². The van der Waals surface area contributed by atoms with Gasteiger partial charge < -0.3 is 10.1 Å². The highest BCUT2D eigenvalue weighted by atomic mass is 32.2. The van der Waals surface area contributed by atoms with Crippen LogP contribution in [0, 0.1) is 5.82 Å². The molecule has 0 saturated heterocycles. The van der Waals surface area contributed by atoms with E-state index in [1.54, 1.807) is 4.68 Å². The molecule has 1 amide bonds. The average molecular weight is 387 g/mol. The number of carbonyl (C=O) groups is 1. The Bertz CT molecular complexity index is 901. The Morgan fingerprint density at radius 3 is 2.78 bits per heavy atom. The number of tetrazole rings is 1. The van der Waals surface area contributed by atoms with Crippen LogP contribution in [0.2, 0.25) is 0 Å². The van der Waals surface area contributed by atoms with E-state index >= 15 is 0 Å². The maximum Gasteiger partial charge on any atom is 0.225 e. The van der Waals surface area contributed by atoms with Gasteiger partial charge in [0.25, 0.3) is 0 Å². The molecule has 0 fully saturated rings. The molecular formula is C18H18FN5O2S. The van der Waals surface area contributed by atoms with Crippen molar-refractivity contribution in [2.45, 2.75) is 18.5 Å². The van der Waals surface area contributed by atoms with Gasteiger partial charge in [-0.3, -0.25) is 4.79 Å². The maximum absolute atomic E-state index is 12.9. The van der Waals surface area contributed by atoms with Gasteiger partial charge in [-0.05, 0) is 53.7 Å². The summed E-state index contributed by atoms with van der Waals surface area (Å²) in [5.74, 6) is 0.665. The Morgan fingerprint density at radius 1 is 1.22 bits per heavy atom. The summed E-state index contributed by atoms with van der Waals surface area (Å²) in [6.07, 6.45) is 0.266. The van der Waals surface area contributed by atoms with E-state index in [4.69, 9.17) is 4.74 Å². The number of thioether (sulfide) groups is 1. The van der Waals surface area contributed by atoms with Crippen molar-refractivity contribution in [1.29, 1.82) is 0 Å². The van der Waals surface area contributed by atoms with Crippen molar-refractivity contribution < 1.29 is 13.9 Å². The highest BCUT2D eigenvalue weighted by molar-refractivity contribution is 7.99. The van der Waals surface area contributed by atoms with Gasteiger partial charge in [-0.2, -0.15) is 4.68 Å². The molecule has 3 aromatic rings. The quantitative estimate of drug-likeness (QED) is 0.597. The lowest BCUT2D eigenvalue weighted by Crippen LogP contribution is -2.12. The lowest BCUT2D eigenvalue weighted by Gasteiger charge is -2.10. The molecule has 9 heteroatoms. The largest absolute Gasteiger partial charge is 0.492 e. The van der Waals surface area contributed by atoms with Crippen molar-refractivity contribution in [2.75, 3.05) is 17.7 Å². The van der Waals surface area contributed by atoms with Crippen LogP contribution in [0.1, 0.15) is 13.3 Å². The van der Waals surface area contributed by atoms with Crippen LogP contribution in [0.5, 0.6) is 5.75 Å². The van der Waals surface area contributed by atoms with Crippen molar-refractivity contribution in [2.24, 2.45) is 0 Å². The van der Waals surface area contributed by atoms with E-state index in [1.165, 1.54) is 36.0 Å². The standard InChI is InChI=1S/C18H18FN5O2S/c1-2-26-16-6-4-3-5-15(16)24-18(21-22-23-24)27-12-11-17(25)20-14-9-7-13(19)8-10-14/h3-10H,2,11-12H2,1H3,(H,20,25). The Morgan fingerprint density at radius 2 is 2.00 bits per heavy atom. The zero-order chi connectivity index (χ0) is 19.1. The molecule has 3 rings (SSSR count). The summed E-state index contributed by atoms with van der Waals surface area (Å²) in [5, 5.41) is 15.1. The maximum atomic E-state index is 12.9. The number of hydrogen-bond acceptors (Lipinski definition) is 6. The van der Waals surface area contributed by atoms with Gasteiger partial charge in [-0.1, -0.05) is 23.9 Å². The number of carbonyl (C=O) groups excluding carboxylic acids is 1. The molecule has 0 aliphatic carbocycles. The number of halogens is 1. The van der Waals surface area contributed by atoms with Crippen molar-refractivity contribution >= 4 is 23.4 Å². The fourth-order valence-electron chi connectivity index (χ4n) is 2.32. The number of anilines is 1. The molecule has 1 aromatic heterocycles. The van der Waals surface area contributed by atoms with Crippen LogP contribution >= 0.6 is 11.8 Å². The third-order valence-corrected chi connectivity index (χ3v) is 4.44. The van der Waals surface area contributed by atoms with Crippen molar-refractivity contribution in [1.82, 2.24) is 20.2 Å². The van der Waals surface area contributed by atoms with Crippen molar-refractivity contribution in [3.63, 3.8) is 0 Å². The van der Waals surface area contributed by atoms with Crippen LogP contribution in [0.25, 0.3) is 5.69 Å². The third kappa shape index (κ3) is 5.04. The number of nitrogens with one attached hydrogen (secondary N) is 1. The number of hydrogen-bond donors (Lipinski definition) is 1. The first kappa shape index (κ1) is 18.8. The molecule has 0 saturated carbocycles. The summed E-state index contributed by atoms with van der Waals surface area (Å²) in [4.78, 5) is 12.0. The molecule has 0 radical (unpaired) electrons. The van der Waals surface area contributed by atoms with Gasteiger partial charge >= 0.3 is 0 Å². The Balaban J connectivity index is 1.59. The number of para-hydroxylation sites is 2. The summed E-state index contributed by atoms with van der Waals surface area (Å²) in [6, 6.07) is 13.1. The molecule has 1 N–H and O–H groups in total. The highest BCUT2D eigenvalue weighted by Crippen LogP contribution is 2.26. The molecule has 0 spiro atoms. The number of amides is 1. The fourth-order valence-corrected chi connectivity index (χ4v) is 3.14. The molecule has 27 heavy (non-hydrogen) atoms. The first-order chi connectivity index (χ1) is 13.2. The molecule has 0 aliphatic heterocycles. The lowest BCUT2D eigenvalue weighted by atomic mass is 10.3. The minimum atomic E-state index is -0.345. The molecule has 2 aromatic carbocycles. The zero-order valence-corrected chi connectivity index (χ0v) is 15.4. The topological polar surface area (TPSA) is 81.9 Å². The molecule has 0 atom stereocenters. The molecule has 0 aliphatic rings. The number of nitrogens with zero attached hydrogens (tertiary/aromatic N) is 4. The molecule has 7 nitrogen and oxygen atoms in total. The van der Waals surface area contributed by atoms with Gasteiger partial charge in [0.05, 0.1) is 6.61 Å². The number of ether oxygens (including phenoxy) is 1. The van der Waals surface area contributed by atoms with E-state index in [-0.39, 0.29) is 18.1 Å². The van der Waals surface area contributed by atoms with E-state index in [1.807, 2.05) is 31.2 Å². The second-order valence-electron chi connectivity index (χ2n) is 5.43. The summed E-state index contributed by atoms with van der Waals surface area (Å²) >= 11 is 1.37. The Labute approximate surface area is 159 Å². The van der Waals surface area contributed by atoms with Crippen molar-refractivity contribution in [3.8, 4) is 11.4 Å². The Hall–Kier alpha value is -2.94. The molecule has 0 unspecified atom stereocenters. The lowest BCUT2D eigenvalue weighted by molar-refractivity contribution is -0.115. The van der Waals surface area contributed by atoms with Crippen LogP contribution in [-0.2, 0) is 4.79 Å². The van der Waals surface area contributed by atoms with Gasteiger partial charge in [-0.25, -0.2) is 4.39 Å². The minimum absolute atomic E-state index is 0.164. The highest BCUT2D eigenvalue weighted by Gasteiger charge is 2.14. The minimum Gasteiger partial charge on any atom is -0.492 e. The van der Waals surface area contributed by atoms with Crippen LogP contribution < -0.4 is 10.1 Å². The first-order valence-electron chi connectivity index (χ1n) is 8.36. The molecule has 1 heterocycles. The summed E-state index contributed by atoms with van der Waals surface area (Å²) in [7, 11) is 0. The second kappa shape index (κ2) is 9.13. The Kier molecular flexibility index (Phi) is 6.37. The normalized spacial score (nSPS) is 10.6. The summed E-state index contributed by atoms with van der Waals surface area (Å²) in [6.45, 7) is 2.44. The summed E-state index contributed by atoms with van der Waals surface area (Å²) < 4.78 is 20.1. The predicted molar refractivity (Wildman–Crippen MR) is 101 cm³/mol. The third-order valence-electron chi connectivity index (χ3n) is 3.52. The SMILES string of the molecule is CCOc1ccccc1-n1nnnc1SCCC(=O)Nc1ccc(F)cc1. The van der Waals surface area contributed by atoms with Crippen LogP contribution in [-0.4, -0.2) is 38.5 Å². The zero-order valence-electron chi connectivity index (χ0n) is 14.6. The first-order valence-corrected chi connectivity index (χ1v) is 9.34. The smallest absolute Gasteiger partial charge is 0.225 e. The van der Waals surface area contributed by atoms with Gasteiger partial charge in [0.15, 0.2) is 0 Å².